The number of piperidine rings is 1. The van der Waals surface area contributed by atoms with Gasteiger partial charge in [-0.15, -0.1) is 11.8 Å². The SMILES string of the molecule is CC(C)c1ccccc1[C@H]1CCCN1C1CC2(CCN(c3ccc(C(=O)NS(=O)(=O)c4cc5c(c([N+](=O)[O-])c4)S[C@@H]([C@H]4CC[C@](C)(O)CC4)CO5)c(Oc4cnc5[nH]cc(F)c5c4)c3)CC2)C1. The van der Waals surface area contributed by atoms with Gasteiger partial charge in [-0.1, -0.05) is 38.1 Å². The Kier molecular flexibility index (Phi) is 12.0. The average Bonchev–Trinajstić information content (AvgIpc) is 3.94. The van der Waals surface area contributed by atoms with Gasteiger partial charge in [0, 0.05) is 60.5 Å². The average molecular weight is 953 g/mol. The first kappa shape index (κ1) is 45.5. The van der Waals surface area contributed by atoms with Crippen molar-refractivity contribution in [3.8, 4) is 17.2 Å². The van der Waals surface area contributed by atoms with Crippen LogP contribution in [0.15, 0.2) is 82.8 Å². The Hall–Kier alpha value is -5.23. The Morgan fingerprint density at radius 3 is 2.57 bits per heavy atom. The number of pyridine rings is 1. The zero-order valence-electron chi connectivity index (χ0n) is 38.0. The quantitative estimate of drug-likeness (QED) is 0.0844. The molecule has 2 saturated heterocycles. The van der Waals surface area contributed by atoms with E-state index in [1.54, 1.807) is 12.1 Å². The lowest BCUT2D eigenvalue weighted by Gasteiger charge is -2.56. The van der Waals surface area contributed by atoms with Crippen molar-refractivity contribution in [1.29, 1.82) is 0 Å². The molecule has 1 spiro atoms. The van der Waals surface area contributed by atoms with Crippen LogP contribution in [0.5, 0.6) is 17.2 Å². The Bertz CT molecular complexity index is 2830. The molecule has 67 heavy (non-hydrogen) atoms. The molecule has 2 saturated carbocycles. The molecule has 5 aliphatic rings. The van der Waals surface area contributed by atoms with Crippen molar-refractivity contribution in [2.45, 2.75) is 124 Å². The third kappa shape index (κ3) is 8.99. The Labute approximate surface area is 394 Å². The van der Waals surface area contributed by atoms with E-state index in [9.17, 15) is 32.8 Å². The number of fused-ring (bicyclic) bond motifs is 2. The summed E-state index contributed by atoms with van der Waals surface area (Å²) in [7, 11) is -4.69. The van der Waals surface area contributed by atoms with Gasteiger partial charge in [0.25, 0.3) is 21.6 Å². The maximum absolute atomic E-state index is 14.7. The number of carbonyl (C=O) groups is 1. The molecule has 0 bridgehead atoms. The van der Waals surface area contributed by atoms with Gasteiger partial charge in [-0.25, -0.2) is 22.5 Å². The highest BCUT2D eigenvalue weighted by atomic mass is 32.2. The van der Waals surface area contributed by atoms with Crippen LogP contribution in [0.25, 0.3) is 11.0 Å². The summed E-state index contributed by atoms with van der Waals surface area (Å²) < 4.78 is 57.0. The molecule has 3 aliphatic heterocycles. The van der Waals surface area contributed by atoms with Gasteiger partial charge in [-0.2, -0.15) is 0 Å². The minimum atomic E-state index is -4.69. The van der Waals surface area contributed by atoms with E-state index in [1.165, 1.54) is 79.2 Å². The number of anilines is 1. The van der Waals surface area contributed by atoms with Gasteiger partial charge in [-0.05, 0) is 124 Å². The number of sulfonamides is 1. The number of benzene rings is 3. The number of aliphatic hydroxyl groups is 1. The molecule has 10 rings (SSSR count). The van der Waals surface area contributed by atoms with E-state index in [0.717, 1.165) is 57.1 Å². The summed E-state index contributed by atoms with van der Waals surface area (Å²) in [6.45, 7) is 9.27. The van der Waals surface area contributed by atoms with Gasteiger partial charge in [-0.3, -0.25) is 19.8 Å². The summed E-state index contributed by atoms with van der Waals surface area (Å²) in [4.78, 5) is 37.6. The Balaban J connectivity index is 0.863. The highest BCUT2D eigenvalue weighted by Crippen LogP contribution is 2.55. The largest absolute Gasteiger partial charge is 0.491 e. The van der Waals surface area contributed by atoms with Gasteiger partial charge in [0.1, 0.15) is 40.2 Å². The maximum Gasteiger partial charge on any atom is 0.288 e. The number of amides is 1. The molecule has 4 fully saturated rings. The number of likely N-dealkylation sites (tertiary alicyclic amines) is 1. The highest BCUT2D eigenvalue weighted by molar-refractivity contribution is 8.00. The van der Waals surface area contributed by atoms with Gasteiger partial charge in [0.05, 0.1) is 32.6 Å². The van der Waals surface area contributed by atoms with Crippen molar-refractivity contribution in [3.05, 3.63) is 106 Å². The van der Waals surface area contributed by atoms with Crippen LogP contribution in [-0.4, -0.2) is 82.4 Å². The van der Waals surface area contributed by atoms with Crippen LogP contribution in [0.4, 0.5) is 15.8 Å². The van der Waals surface area contributed by atoms with Crippen molar-refractivity contribution >= 4 is 50.1 Å². The van der Waals surface area contributed by atoms with Gasteiger partial charge >= 0.3 is 0 Å². The molecule has 5 heterocycles. The Morgan fingerprint density at radius 1 is 1.06 bits per heavy atom. The minimum Gasteiger partial charge on any atom is -0.491 e. The standard InChI is InChI=1S/C50H57FN6O8S2/c1-30(2)36-7-4-5-8-37(36)41-9-6-18-56(41)33-25-50(26-33)16-19-55(20-17-50)32-10-11-38(43(21-32)65-34-22-39-40(51)28-53-47(39)52-27-34)48(58)54-67(62,63)35-23-42(57(60)61)46-44(24-35)64-29-45(66-46)31-12-14-49(3,59)15-13-31/h4-5,7-8,10-11,21-24,27-28,30-31,33,41,45,59H,6,9,12-20,25-26,29H2,1-3H3,(H,52,53)(H,54,58)/t31-,41-,45-,49-/m1/s1. The third-order valence-corrected chi connectivity index (χ3v) is 18.0. The van der Waals surface area contributed by atoms with E-state index < -0.39 is 42.9 Å². The number of nitro benzene ring substituents is 1. The number of aromatic amines is 1. The second-order valence-corrected chi connectivity index (χ2v) is 22.9. The predicted molar refractivity (Wildman–Crippen MR) is 254 cm³/mol. The van der Waals surface area contributed by atoms with Crippen molar-refractivity contribution < 1.29 is 37.1 Å². The van der Waals surface area contributed by atoms with E-state index in [4.69, 9.17) is 9.47 Å². The summed E-state index contributed by atoms with van der Waals surface area (Å²) in [6.07, 6.45) is 12.0. The number of ether oxygens (including phenoxy) is 2. The van der Waals surface area contributed by atoms with Crippen LogP contribution in [0.1, 0.15) is 118 Å². The second-order valence-electron chi connectivity index (χ2n) is 20.0. The lowest BCUT2D eigenvalue weighted by molar-refractivity contribution is -0.388. The fourth-order valence-electron chi connectivity index (χ4n) is 11.4. The molecule has 354 valence electrons. The van der Waals surface area contributed by atoms with Crippen LogP contribution in [0, 0.1) is 27.3 Å². The first-order valence-corrected chi connectivity index (χ1v) is 25.9. The molecule has 3 N–H and O–H groups in total. The number of hydrogen-bond donors (Lipinski definition) is 3. The smallest absolute Gasteiger partial charge is 0.288 e. The van der Waals surface area contributed by atoms with Crippen LogP contribution >= 0.6 is 11.8 Å². The fourth-order valence-corrected chi connectivity index (χ4v) is 13.8. The molecule has 1 amide bonds. The molecular weight excluding hydrogens is 896 g/mol. The van der Waals surface area contributed by atoms with Crippen LogP contribution in [0.3, 0.4) is 0 Å². The zero-order valence-corrected chi connectivity index (χ0v) is 39.6. The monoisotopic (exact) mass is 952 g/mol. The summed E-state index contributed by atoms with van der Waals surface area (Å²) in [5.74, 6) is -0.715. The van der Waals surface area contributed by atoms with Crippen LogP contribution < -0.4 is 19.1 Å². The lowest BCUT2D eigenvalue weighted by atomic mass is 9.59. The third-order valence-electron chi connectivity index (χ3n) is 15.2. The number of aromatic nitrogens is 2. The summed E-state index contributed by atoms with van der Waals surface area (Å²) >= 11 is 1.29. The van der Waals surface area contributed by atoms with Gasteiger partial charge in [0.15, 0.2) is 0 Å². The van der Waals surface area contributed by atoms with Crippen molar-refractivity contribution in [2.75, 3.05) is 31.1 Å². The van der Waals surface area contributed by atoms with Crippen molar-refractivity contribution in [1.82, 2.24) is 19.6 Å². The van der Waals surface area contributed by atoms with Crippen molar-refractivity contribution in [2.24, 2.45) is 11.3 Å². The molecular formula is C50H57FN6O8S2. The lowest BCUT2D eigenvalue weighted by Crippen LogP contribution is -2.54. The van der Waals surface area contributed by atoms with E-state index in [-0.39, 0.29) is 56.3 Å². The minimum absolute atomic E-state index is 0.0273. The number of thioether (sulfide) groups is 1. The van der Waals surface area contributed by atoms with E-state index in [1.807, 2.05) is 6.92 Å². The number of halogens is 1. The highest BCUT2D eigenvalue weighted by Gasteiger charge is 2.50. The number of nitrogens with zero attached hydrogens (tertiary/aromatic N) is 4. The molecule has 0 radical (unpaired) electrons. The zero-order chi connectivity index (χ0) is 46.8. The molecule has 0 unspecified atom stereocenters. The number of hydrogen-bond acceptors (Lipinski definition) is 12. The number of H-pyrrole nitrogens is 1. The first-order chi connectivity index (χ1) is 32.1. The summed E-state index contributed by atoms with van der Waals surface area (Å²) in [5, 5.41) is 22.9. The van der Waals surface area contributed by atoms with E-state index in [2.05, 4.69) is 62.6 Å². The molecule has 3 aromatic carbocycles. The normalized spacial score (nSPS) is 24.3. The molecule has 2 aromatic heterocycles. The topological polar surface area (TPSA) is 180 Å². The second kappa shape index (κ2) is 17.7. The Morgan fingerprint density at radius 2 is 1.82 bits per heavy atom. The molecule has 5 aromatic rings. The first-order valence-electron chi connectivity index (χ1n) is 23.5. The van der Waals surface area contributed by atoms with Crippen molar-refractivity contribution in [3.63, 3.8) is 0 Å². The fraction of sp³-hybridized carbons (Fsp3) is 0.480. The van der Waals surface area contributed by atoms with Gasteiger partial charge in [0.2, 0.25) is 0 Å². The van der Waals surface area contributed by atoms with Crippen LogP contribution in [-0.2, 0) is 10.0 Å². The molecule has 17 heteroatoms. The van der Waals surface area contributed by atoms with E-state index in [0.29, 0.717) is 36.5 Å². The van der Waals surface area contributed by atoms with E-state index >= 15 is 0 Å². The predicted octanol–water partition coefficient (Wildman–Crippen LogP) is 10.0. The maximum atomic E-state index is 14.7. The molecule has 2 aliphatic carbocycles. The number of nitrogens with one attached hydrogen (secondary N) is 2. The van der Waals surface area contributed by atoms with Gasteiger partial charge < -0.3 is 24.5 Å². The molecule has 14 nitrogen and oxygen atoms in total. The number of nitro groups is 1. The summed E-state index contributed by atoms with van der Waals surface area (Å²) in [5.41, 5.74) is 2.97. The van der Waals surface area contributed by atoms with Crippen LogP contribution in [0.2, 0.25) is 0 Å². The summed E-state index contributed by atoms with van der Waals surface area (Å²) in [6, 6.07) is 18.5. The molecule has 2 atom stereocenters. The number of carbonyl (C=O) groups excluding carboxylic acids is 1. The number of rotatable bonds is 11.